The predicted octanol–water partition coefficient (Wildman–Crippen LogP) is 3.34. The van der Waals surface area contributed by atoms with Gasteiger partial charge in [0.15, 0.2) is 0 Å². The molecule has 2 unspecified atom stereocenters. The van der Waals surface area contributed by atoms with Crippen LogP contribution in [0.4, 0.5) is 4.79 Å². The fraction of sp³-hybridized carbons (Fsp3) is 0.375. The zero-order chi connectivity index (χ0) is 21.2. The molecule has 1 aromatic carbocycles. The number of aromatic nitrogens is 3. The van der Waals surface area contributed by atoms with Crippen molar-refractivity contribution in [2.75, 3.05) is 13.1 Å². The van der Waals surface area contributed by atoms with E-state index in [9.17, 15) is 4.79 Å². The number of carbonyl (C=O) groups is 1. The molecule has 0 spiro atoms. The van der Waals surface area contributed by atoms with Crippen LogP contribution in [0.5, 0.6) is 0 Å². The highest BCUT2D eigenvalue weighted by atomic mass is 16.2. The van der Waals surface area contributed by atoms with Gasteiger partial charge < -0.3 is 15.5 Å². The number of rotatable bonds is 3. The van der Waals surface area contributed by atoms with E-state index in [0.29, 0.717) is 19.1 Å². The van der Waals surface area contributed by atoms with Gasteiger partial charge in [0.2, 0.25) is 0 Å². The van der Waals surface area contributed by atoms with E-state index in [1.165, 1.54) is 5.56 Å². The van der Waals surface area contributed by atoms with Gasteiger partial charge in [-0.25, -0.2) is 4.79 Å². The molecule has 3 N–H and O–H groups in total. The average molecular weight is 417 g/mol. The molecule has 2 aliphatic rings. The van der Waals surface area contributed by atoms with Crippen molar-refractivity contribution < 1.29 is 4.79 Å². The largest absolute Gasteiger partial charge is 0.334 e. The van der Waals surface area contributed by atoms with Crippen LogP contribution >= 0.6 is 0 Å². The lowest BCUT2D eigenvalue weighted by molar-refractivity contribution is 0.184. The first kappa shape index (κ1) is 19.8. The van der Waals surface area contributed by atoms with Crippen molar-refractivity contribution in [3.8, 4) is 11.3 Å². The van der Waals surface area contributed by atoms with Crippen LogP contribution in [-0.2, 0) is 13.0 Å². The maximum atomic E-state index is 13.0. The minimum absolute atomic E-state index is 0.00803. The number of carbonyl (C=O) groups excluding carboxylic acids is 1. The molecular formula is C24H28N6O. The van der Waals surface area contributed by atoms with Gasteiger partial charge in [0, 0.05) is 60.3 Å². The van der Waals surface area contributed by atoms with Crippen molar-refractivity contribution in [1.29, 1.82) is 0 Å². The normalized spacial score (nSPS) is 20.9. The number of aryl methyl sites for hydroxylation is 1. The Morgan fingerprint density at radius 1 is 1.19 bits per heavy atom. The second-order valence-corrected chi connectivity index (χ2v) is 8.48. The van der Waals surface area contributed by atoms with Crippen LogP contribution in [0.1, 0.15) is 41.4 Å². The monoisotopic (exact) mass is 416 g/mol. The molecule has 0 radical (unpaired) electrons. The first-order valence-electron chi connectivity index (χ1n) is 11.0. The standard InChI is InChI=1S/C24H28N6O/c1-16-13-18(9-11-25-16)23-20-15-30(12-10-22(20)28-29-23)24(31)27-19-7-8-21(26-14-19)17-5-3-2-4-6-17/h2-6,9,11,13,19,21,26H,7-8,10,12,14-15H2,1H3,(H,27,31)(H,28,29). The molecule has 2 aromatic heterocycles. The first-order valence-corrected chi connectivity index (χ1v) is 11.0. The van der Waals surface area contributed by atoms with Gasteiger partial charge in [0.05, 0.1) is 12.2 Å². The average Bonchev–Trinajstić information content (AvgIpc) is 3.23. The van der Waals surface area contributed by atoms with Crippen molar-refractivity contribution in [3.05, 3.63) is 71.2 Å². The number of benzene rings is 1. The Morgan fingerprint density at radius 2 is 2.06 bits per heavy atom. The van der Waals surface area contributed by atoms with Crippen molar-refractivity contribution in [2.45, 2.75) is 44.8 Å². The number of aromatic amines is 1. The van der Waals surface area contributed by atoms with Gasteiger partial charge >= 0.3 is 6.03 Å². The second-order valence-electron chi connectivity index (χ2n) is 8.48. The van der Waals surface area contributed by atoms with Crippen LogP contribution in [0, 0.1) is 6.92 Å². The minimum Gasteiger partial charge on any atom is -0.334 e. The molecule has 0 bridgehead atoms. The molecule has 4 heterocycles. The maximum Gasteiger partial charge on any atom is 0.317 e. The van der Waals surface area contributed by atoms with Gasteiger partial charge in [-0.15, -0.1) is 0 Å². The molecule has 1 fully saturated rings. The Kier molecular flexibility index (Phi) is 5.42. The Labute approximate surface area is 182 Å². The van der Waals surface area contributed by atoms with Crippen LogP contribution in [-0.4, -0.2) is 45.2 Å². The lowest BCUT2D eigenvalue weighted by atomic mass is 9.95. The lowest BCUT2D eigenvalue weighted by Gasteiger charge is -2.33. The summed E-state index contributed by atoms with van der Waals surface area (Å²) in [6.45, 7) is 4.03. The molecule has 160 valence electrons. The van der Waals surface area contributed by atoms with Gasteiger partial charge in [-0.2, -0.15) is 5.10 Å². The number of nitrogens with zero attached hydrogens (tertiary/aromatic N) is 3. The van der Waals surface area contributed by atoms with E-state index in [2.05, 4.69) is 50.1 Å². The SMILES string of the molecule is Cc1cc(-c2n[nH]c3c2CN(C(=O)NC2CCC(c4ccccc4)NC2)CC3)ccn1. The number of nitrogens with one attached hydrogen (secondary N) is 3. The van der Waals surface area contributed by atoms with Gasteiger partial charge in [-0.05, 0) is 37.5 Å². The molecule has 2 aliphatic heterocycles. The Morgan fingerprint density at radius 3 is 2.84 bits per heavy atom. The second kappa shape index (κ2) is 8.51. The summed E-state index contributed by atoms with van der Waals surface area (Å²) in [5.74, 6) is 0. The molecule has 0 saturated carbocycles. The number of H-pyrrole nitrogens is 1. The minimum atomic E-state index is 0.00803. The summed E-state index contributed by atoms with van der Waals surface area (Å²) >= 11 is 0. The van der Waals surface area contributed by atoms with E-state index in [1.807, 2.05) is 30.0 Å². The van der Waals surface area contributed by atoms with Crippen LogP contribution < -0.4 is 10.6 Å². The van der Waals surface area contributed by atoms with Crippen LogP contribution in [0.2, 0.25) is 0 Å². The van der Waals surface area contributed by atoms with Crippen molar-refractivity contribution in [2.24, 2.45) is 0 Å². The third-order valence-corrected chi connectivity index (χ3v) is 6.33. The summed E-state index contributed by atoms with van der Waals surface area (Å²) in [4.78, 5) is 19.2. The molecule has 7 heteroatoms. The number of amides is 2. The number of hydrogen-bond donors (Lipinski definition) is 3. The third-order valence-electron chi connectivity index (χ3n) is 6.33. The summed E-state index contributed by atoms with van der Waals surface area (Å²) in [5.41, 5.74) is 6.46. The highest BCUT2D eigenvalue weighted by Gasteiger charge is 2.28. The van der Waals surface area contributed by atoms with Gasteiger partial charge in [0.1, 0.15) is 0 Å². The molecule has 3 aromatic rings. The van der Waals surface area contributed by atoms with E-state index >= 15 is 0 Å². The number of hydrogen-bond acceptors (Lipinski definition) is 4. The molecule has 1 saturated heterocycles. The van der Waals surface area contributed by atoms with Gasteiger partial charge in [0.25, 0.3) is 0 Å². The fourth-order valence-corrected chi connectivity index (χ4v) is 4.62. The highest BCUT2D eigenvalue weighted by Crippen LogP contribution is 2.29. The Bertz CT molecular complexity index is 1050. The summed E-state index contributed by atoms with van der Waals surface area (Å²) < 4.78 is 0. The van der Waals surface area contributed by atoms with Crippen molar-refractivity contribution in [3.63, 3.8) is 0 Å². The number of pyridine rings is 1. The van der Waals surface area contributed by atoms with Crippen LogP contribution in [0.3, 0.4) is 0 Å². The Hall–Kier alpha value is -3.19. The Balaban J connectivity index is 1.21. The quantitative estimate of drug-likeness (QED) is 0.611. The highest BCUT2D eigenvalue weighted by molar-refractivity contribution is 5.76. The number of fused-ring (bicyclic) bond motifs is 1. The van der Waals surface area contributed by atoms with E-state index in [4.69, 9.17) is 0 Å². The summed E-state index contributed by atoms with van der Waals surface area (Å²) in [5, 5.41) is 14.5. The summed E-state index contributed by atoms with van der Waals surface area (Å²) in [6.07, 6.45) is 4.59. The number of urea groups is 1. The summed E-state index contributed by atoms with van der Waals surface area (Å²) in [6, 6.07) is 15.0. The molecule has 5 rings (SSSR count). The summed E-state index contributed by atoms with van der Waals surface area (Å²) in [7, 11) is 0. The third kappa shape index (κ3) is 4.18. The smallest absolute Gasteiger partial charge is 0.317 e. The van der Waals surface area contributed by atoms with Gasteiger partial charge in [-0.1, -0.05) is 30.3 Å². The van der Waals surface area contributed by atoms with E-state index < -0.39 is 0 Å². The van der Waals surface area contributed by atoms with Crippen molar-refractivity contribution >= 4 is 6.03 Å². The first-order chi connectivity index (χ1) is 15.2. The zero-order valence-corrected chi connectivity index (χ0v) is 17.8. The predicted molar refractivity (Wildman–Crippen MR) is 119 cm³/mol. The molecule has 2 atom stereocenters. The molecular weight excluding hydrogens is 388 g/mol. The van der Waals surface area contributed by atoms with E-state index in [-0.39, 0.29) is 12.1 Å². The van der Waals surface area contributed by atoms with Crippen LogP contribution in [0.15, 0.2) is 48.7 Å². The topological polar surface area (TPSA) is 85.9 Å². The van der Waals surface area contributed by atoms with Gasteiger partial charge in [-0.3, -0.25) is 10.1 Å². The molecule has 7 nitrogen and oxygen atoms in total. The zero-order valence-electron chi connectivity index (χ0n) is 17.8. The molecule has 31 heavy (non-hydrogen) atoms. The lowest BCUT2D eigenvalue weighted by Crippen LogP contribution is -2.51. The fourth-order valence-electron chi connectivity index (χ4n) is 4.62. The maximum absolute atomic E-state index is 13.0. The van der Waals surface area contributed by atoms with Crippen molar-refractivity contribution in [1.82, 2.24) is 30.7 Å². The number of piperidine rings is 1. The van der Waals surface area contributed by atoms with E-state index in [1.54, 1.807) is 6.20 Å². The van der Waals surface area contributed by atoms with Crippen LogP contribution in [0.25, 0.3) is 11.3 Å². The van der Waals surface area contributed by atoms with E-state index in [0.717, 1.165) is 54.0 Å². The molecule has 2 amide bonds. The molecule has 0 aliphatic carbocycles.